The smallest absolute Gasteiger partial charge is 0.407 e. The molecule has 0 fully saturated rings. The Morgan fingerprint density at radius 2 is 1.92 bits per heavy atom. The fraction of sp³-hybridized carbons (Fsp3) is 0.688. The van der Waals surface area contributed by atoms with Gasteiger partial charge in [-0.3, -0.25) is 9.67 Å². The van der Waals surface area contributed by atoms with Crippen LogP contribution in [0.15, 0.2) is 17.4 Å². The number of hydrogen-bond acceptors (Lipinski definition) is 4. The zero-order valence-corrected chi connectivity index (χ0v) is 15.3. The maximum atomic E-state index is 11.5. The molecule has 0 atom stereocenters. The minimum atomic E-state index is -0.470. The summed E-state index contributed by atoms with van der Waals surface area (Å²) in [5.41, 5.74) is 0.713. The van der Waals surface area contributed by atoms with Crippen molar-refractivity contribution >= 4 is 12.1 Å². The van der Waals surface area contributed by atoms with Crippen molar-refractivity contribution < 1.29 is 9.53 Å². The van der Waals surface area contributed by atoms with E-state index >= 15 is 0 Å². The summed E-state index contributed by atoms with van der Waals surface area (Å²) < 4.78 is 6.96. The fourth-order valence-electron chi connectivity index (χ4n) is 1.95. The third-order valence-corrected chi connectivity index (χ3v) is 3.00. The molecule has 0 aromatic carbocycles. The minimum Gasteiger partial charge on any atom is -0.444 e. The first kappa shape index (κ1) is 19.8. The Bertz CT molecular complexity index is 533. The Morgan fingerprint density at radius 3 is 2.50 bits per heavy atom. The number of aliphatic imine (C=N–C) groups is 1. The molecule has 136 valence electrons. The van der Waals surface area contributed by atoms with Gasteiger partial charge in [0.1, 0.15) is 5.60 Å². The van der Waals surface area contributed by atoms with Crippen LogP contribution in [0.25, 0.3) is 0 Å². The normalized spacial score (nSPS) is 12.0. The first-order valence-corrected chi connectivity index (χ1v) is 8.19. The van der Waals surface area contributed by atoms with Gasteiger partial charge in [-0.2, -0.15) is 5.10 Å². The van der Waals surface area contributed by atoms with E-state index in [1.807, 2.05) is 40.2 Å². The van der Waals surface area contributed by atoms with Crippen LogP contribution in [-0.2, 0) is 18.2 Å². The number of carbonyl (C=O) groups is 1. The van der Waals surface area contributed by atoms with E-state index in [4.69, 9.17) is 4.74 Å². The molecular formula is C16H30N6O2. The molecule has 0 unspecified atom stereocenters. The van der Waals surface area contributed by atoms with E-state index in [0.29, 0.717) is 13.1 Å². The lowest BCUT2D eigenvalue weighted by atomic mass is 10.2. The van der Waals surface area contributed by atoms with Gasteiger partial charge in [0.15, 0.2) is 5.96 Å². The number of guanidine groups is 1. The Hall–Kier alpha value is -2.25. The molecule has 0 saturated carbocycles. The van der Waals surface area contributed by atoms with Crippen LogP contribution in [0.2, 0.25) is 0 Å². The monoisotopic (exact) mass is 338 g/mol. The van der Waals surface area contributed by atoms with Gasteiger partial charge in [0.25, 0.3) is 0 Å². The van der Waals surface area contributed by atoms with Gasteiger partial charge >= 0.3 is 6.09 Å². The summed E-state index contributed by atoms with van der Waals surface area (Å²) in [6.45, 7) is 7.57. The van der Waals surface area contributed by atoms with E-state index in [0.717, 1.165) is 25.3 Å². The lowest BCUT2D eigenvalue weighted by Gasteiger charge is -2.19. The number of alkyl carbamates (subject to hydrolysis) is 1. The van der Waals surface area contributed by atoms with E-state index in [-0.39, 0.29) is 6.09 Å². The average molecular weight is 338 g/mol. The van der Waals surface area contributed by atoms with Gasteiger partial charge in [-0.1, -0.05) is 0 Å². The highest BCUT2D eigenvalue weighted by Crippen LogP contribution is 2.06. The minimum absolute atomic E-state index is 0.388. The number of carbonyl (C=O) groups excluding carboxylic acids is 1. The Morgan fingerprint density at radius 1 is 1.25 bits per heavy atom. The van der Waals surface area contributed by atoms with E-state index in [2.05, 4.69) is 26.0 Å². The van der Waals surface area contributed by atoms with Crippen LogP contribution < -0.4 is 16.0 Å². The number of ether oxygens (including phenoxy) is 1. The summed E-state index contributed by atoms with van der Waals surface area (Å²) in [4.78, 5) is 15.7. The van der Waals surface area contributed by atoms with Crippen LogP contribution >= 0.6 is 0 Å². The maximum Gasteiger partial charge on any atom is 0.407 e. The van der Waals surface area contributed by atoms with Crippen LogP contribution in [0.1, 0.15) is 32.8 Å². The van der Waals surface area contributed by atoms with E-state index in [1.54, 1.807) is 11.7 Å². The highest BCUT2D eigenvalue weighted by Gasteiger charge is 2.15. The van der Waals surface area contributed by atoms with Gasteiger partial charge in [0.2, 0.25) is 0 Å². The first-order chi connectivity index (χ1) is 11.3. The quantitative estimate of drug-likeness (QED) is 0.392. The number of nitrogens with one attached hydrogen (secondary N) is 3. The molecule has 1 rings (SSSR count). The van der Waals surface area contributed by atoms with Crippen molar-refractivity contribution in [3.63, 3.8) is 0 Å². The molecule has 0 radical (unpaired) electrons. The molecule has 1 heterocycles. The summed E-state index contributed by atoms with van der Waals surface area (Å²) in [5, 5.41) is 13.3. The van der Waals surface area contributed by atoms with Crippen molar-refractivity contribution in [1.82, 2.24) is 25.7 Å². The van der Waals surface area contributed by atoms with Gasteiger partial charge < -0.3 is 20.7 Å². The number of aromatic nitrogens is 2. The van der Waals surface area contributed by atoms with E-state index < -0.39 is 5.60 Å². The number of nitrogens with zero attached hydrogens (tertiary/aromatic N) is 3. The predicted octanol–water partition coefficient (Wildman–Crippen LogP) is 1.04. The topological polar surface area (TPSA) is 92.6 Å². The van der Waals surface area contributed by atoms with Crippen molar-refractivity contribution in [2.45, 2.75) is 39.2 Å². The summed E-state index contributed by atoms with van der Waals surface area (Å²) in [6, 6.07) is 0. The third kappa shape index (κ3) is 9.02. The first-order valence-electron chi connectivity index (χ1n) is 8.19. The van der Waals surface area contributed by atoms with Crippen LogP contribution in [0.4, 0.5) is 4.79 Å². The van der Waals surface area contributed by atoms with E-state index in [1.165, 1.54) is 5.56 Å². The number of amides is 1. The van der Waals surface area contributed by atoms with Crippen molar-refractivity contribution in [3.05, 3.63) is 18.0 Å². The molecule has 0 bridgehead atoms. The number of hydrogen-bond donors (Lipinski definition) is 3. The molecule has 24 heavy (non-hydrogen) atoms. The van der Waals surface area contributed by atoms with Crippen molar-refractivity contribution in [2.75, 3.05) is 26.7 Å². The zero-order chi connectivity index (χ0) is 18.0. The lowest BCUT2D eigenvalue weighted by Crippen LogP contribution is -2.40. The Kier molecular flexibility index (Phi) is 8.08. The van der Waals surface area contributed by atoms with Gasteiger partial charge in [-0.15, -0.1) is 0 Å². The van der Waals surface area contributed by atoms with Crippen LogP contribution in [0, 0.1) is 0 Å². The molecule has 1 aromatic heterocycles. The molecule has 0 spiro atoms. The van der Waals surface area contributed by atoms with Crippen molar-refractivity contribution in [2.24, 2.45) is 12.0 Å². The SMILES string of the molecule is CN=C(NCCCNC(=O)OC(C)(C)C)NCCc1cnn(C)c1. The standard InChI is InChI=1S/C16H30N6O2/c1-16(2,3)24-15(23)20-9-6-8-18-14(17-4)19-10-7-13-11-21-22(5)12-13/h11-12H,6-10H2,1-5H3,(H,20,23)(H2,17,18,19). The van der Waals surface area contributed by atoms with Gasteiger partial charge in [-0.05, 0) is 39.2 Å². The number of rotatable bonds is 7. The molecule has 1 aromatic rings. The Balaban J connectivity index is 2.10. The van der Waals surface area contributed by atoms with Crippen LogP contribution in [0.3, 0.4) is 0 Å². The average Bonchev–Trinajstić information content (AvgIpc) is 2.88. The second kappa shape index (κ2) is 9.79. The molecule has 0 aliphatic heterocycles. The lowest BCUT2D eigenvalue weighted by molar-refractivity contribution is 0.0527. The fourth-order valence-corrected chi connectivity index (χ4v) is 1.95. The summed E-state index contributed by atoms with van der Waals surface area (Å²) >= 11 is 0. The molecule has 0 saturated heterocycles. The number of aryl methyl sites for hydroxylation is 1. The van der Waals surface area contributed by atoms with Gasteiger partial charge in [0.05, 0.1) is 6.20 Å². The summed E-state index contributed by atoms with van der Waals surface area (Å²) in [5.74, 6) is 0.746. The Labute approximate surface area is 144 Å². The summed E-state index contributed by atoms with van der Waals surface area (Å²) in [6.07, 6.45) is 5.14. The largest absolute Gasteiger partial charge is 0.444 e. The van der Waals surface area contributed by atoms with Crippen LogP contribution in [0.5, 0.6) is 0 Å². The van der Waals surface area contributed by atoms with Gasteiger partial charge in [0, 0.05) is 39.9 Å². The molecule has 8 heteroatoms. The highest BCUT2D eigenvalue weighted by molar-refractivity contribution is 5.79. The molecule has 0 aliphatic rings. The molecule has 3 N–H and O–H groups in total. The van der Waals surface area contributed by atoms with E-state index in [9.17, 15) is 4.79 Å². The molecule has 0 aliphatic carbocycles. The zero-order valence-electron chi connectivity index (χ0n) is 15.3. The van der Waals surface area contributed by atoms with Gasteiger partial charge in [-0.25, -0.2) is 4.79 Å². The third-order valence-electron chi connectivity index (χ3n) is 3.00. The highest BCUT2D eigenvalue weighted by atomic mass is 16.6. The predicted molar refractivity (Wildman–Crippen MR) is 95.1 cm³/mol. The molecule has 8 nitrogen and oxygen atoms in total. The molecule has 1 amide bonds. The second-order valence-electron chi connectivity index (χ2n) is 6.48. The van der Waals surface area contributed by atoms with Crippen molar-refractivity contribution in [1.29, 1.82) is 0 Å². The summed E-state index contributed by atoms with van der Waals surface area (Å²) in [7, 11) is 3.64. The second-order valence-corrected chi connectivity index (χ2v) is 6.48. The molecular weight excluding hydrogens is 308 g/mol. The van der Waals surface area contributed by atoms with Crippen LogP contribution in [-0.4, -0.2) is 54.1 Å². The maximum absolute atomic E-state index is 11.5. The van der Waals surface area contributed by atoms with Crippen molar-refractivity contribution in [3.8, 4) is 0 Å².